The number of fused-ring (bicyclic) bond motifs is 2. The lowest BCUT2D eigenvalue weighted by molar-refractivity contribution is 0.297. The van der Waals surface area contributed by atoms with Crippen molar-refractivity contribution >= 4 is 11.0 Å². The van der Waals surface area contributed by atoms with E-state index >= 15 is 0 Å². The van der Waals surface area contributed by atoms with E-state index in [4.69, 9.17) is 13.9 Å². The molecule has 0 saturated heterocycles. The molecule has 4 nitrogen and oxygen atoms in total. The lowest BCUT2D eigenvalue weighted by Gasteiger charge is -2.09. The molecule has 0 spiro atoms. The highest BCUT2D eigenvalue weighted by atomic mass is 19.1. The molecule has 3 aromatic rings. The Kier molecular flexibility index (Phi) is 3.26. The summed E-state index contributed by atoms with van der Waals surface area (Å²) < 4.78 is 30.2. The van der Waals surface area contributed by atoms with Crippen molar-refractivity contribution in [2.45, 2.75) is 6.42 Å². The summed E-state index contributed by atoms with van der Waals surface area (Å²) in [5.41, 5.74) is 0.770. The van der Waals surface area contributed by atoms with Gasteiger partial charge in [0.05, 0.1) is 18.6 Å². The van der Waals surface area contributed by atoms with Crippen molar-refractivity contribution in [1.82, 2.24) is 0 Å². The van der Waals surface area contributed by atoms with E-state index in [0.29, 0.717) is 41.6 Å². The molecule has 0 N–H and O–H groups in total. The standard InChI is InChI=1S/C18H13FO4/c19-12-3-5-15-13(9-12)14(20)10-17(23-15)11-2-4-16-18(8-11)22-7-1-6-21-16/h2-5,8-10H,1,6-7H2. The lowest BCUT2D eigenvalue weighted by Crippen LogP contribution is -2.01. The minimum Gasteiger partial charge on any atom is -0.490 e. The Labute approximate surface area is 131 Å². The van der Waals surface area contributed by atoms with Crippen LogP contribution in [0, 0.1) is 5.82 Å². The third-order valence-corrected chi connectivity index (χ3v) is 3.72. The molecule has 0 atom stereocenters. The van der Waals surface area contributed by atoms with Gasteiger partial charge < -0.3 is 13.9 Å². The molecule has 0 unspecified atom stereocenters. The topological polar surface area (TPSA) is 48.7 Å². The van der Waals surface area contributed by atoms with Gasteiger partial charge in [0.15, 0.2) is 16.9 Å². The van der Waals surface area contributed by atoms with Crippen LogP contribution in [0.4, 0.5) is 4.39 Å². The third kappa shape index (κ3) is 2.54. The first-order chi connectivity index (χ1) is 11.2. The second-order valence-electron chi connectivity index (χ2n) is 5.33. The summed E-state index contributed by atoms with van der Waals surface area (Å²) in [6.07, 6.45) is 0.820. The highest BCUT2D eigenvalue weighted by molar-refractivity contribution is 5.79. The number of hydrogen-bond donors (Lipinski definition) is 0. The van der Waals surface area contributed by atoms with Gasteiger partial charge in [-0.1, -0.05) is 0 Å². The van der Waals surface area contributed by atoms with Crippen LogP contribution in [0.3, 0.4) is 0 Å². The van der Waals surface area contributed by atoms with Gasteiger partial charge in [-0.15, -0.1) is 0 Å². The van der Waals surface area contributed by atoms with Crippen molar-refractivity contribution in [3.63, 3.8) is 0 Å². The van der Waals surface area contributed by atoms with Gasteiger partial charge in [-0.3, -0.25) is 4.79 Å². The average Bonchev–Trinajstić information content (AvgIpc) is 2.80. The third-order valence-electron chi connectivity index (χ3n) is 3.72. The molecular formula is C18H13FO4. The van der Waals surface area contributed by atoms with Crippen LogP contribution in [-0.4, -0.2) is 13.2 Å². The first-order valence-corrected chi connectivity index (χ1v) is 7.34. The predicted molar refractivity (Wildman–Crippen MR) is 83.5 cm³/mol. The van der Waals surface area contributed by atoms with E-state index in [1.165, 1.54) is 24.3 Å². The van der Waals surface area contributed by atoms with E-state index in [9.17, 15) is 9.18 Å². The van der Waals surface area contributed by atoms with Crippen LogP contribution in [0.5, 0.6) is 11.5 Å². The lowest BCUT2D eigenvalue weighted by atomic mass is 10.1. The maximum Gasteiger partial charge on any atom is 0.193 e. The monoisotopic (exact) mass is 312 g/mol. The van der Waals surface area contributed by atoms with Crippen molar-refractivity contribution in [2.24, 2.45) is 0 Å². The van der Waals surface area contributed by atoms with Gasteiger partial charge in [0, 0.05) is 18.1 Å². The number of ether oxygens (including phenoxy) is 2. The molecule has 1 aliphatic heterocycles. The van der Waals surface area contributed by atoms with E-state index in [1.807, 2.05) is 0 Å². The molecule has 0 bridgehead atoms. The predicted octanol–water partition coefficient (Wildman–Crippen LogP) is 3.76. The van der Waals surface area contributed by atoms with E-state index < -0.39 is 5.82 Å². The largest absolute Gasteiger partial charge is 0.490 e. The molecule has 0 radical (unpaired) electrons. The summed E-state index contributed by atoms with van der Waals surface area (Å²) in [5.74, 6) is 1.25. The van der Waals surface area contributed by atoms with Gasteiger partial charge in [0.25, 0.3) is 0 Å². The molecule has 0 aliphatic carbocycles. The summed E-state index contributed by atoms with van der Waals surface area (Å²) in [7, 11) is 0. The number of hydrogen-bond acceptors (Lipinski definition) is 4. The summed E-state index contributed by atoms with van der Waals surface area (Å²) in [6.45, 7) is 1.19. The van der Waals surface area contributed by atoms with Crippen LogP contribution in [0.15, 0.2) is 51.7 Å². The molecule has 2 aromatic carbocycles. The molecule has 1 aliphatic rings. The molecule has 5 heteroatoms. The fourth-order valence-corrected chi connectivity index (χ4v) is 2.59. The fourth-order valence-electron chi connectivity index (χ4n) is 2.59. The molecule has 0 amide bonds. The maximum absolute atomic E-state index is 13.3. The Bertz CT molecular complexity index is 945. The summed E-state index contributed by atoms with van der Waals surface area (Å²) in [5, 5.41) is 0.225. The number of rotatable bonds is 1. The second-order valence-corrected chi connectivity index (χ2v) is 5.33. The van der Waals surface area contributed by atoms with Crippen LogP contribution < -0.4 is 14.9 Å². The minimum atomic E-state index is -0.465. The minimum absolute atomic E-state index is 0.225. The Balaban J connectivity index is 1.84. The van der Waals surface area contributed by atoms with Crippen LogP contribution in [0.1, 0.15) is 6.42 Å². The van der Waals surface area contributed by atoms with E-state index in [2.05, 4.69) is 0 Å². The quantitative estimate of drug-likeness (QED) is 0.686. The summed E-state index contributed by atoms with van der Waals surface area (Å²) >= 11 is 0. The van der Waals surface area contributed by atoms with Gasteiger partial charge in [0.1, 0.15) is 17.2 Å². The molecule has 116 valence electrons. The summed E-state index contributed by atoms with van der Waals surface area (Å²) in [4.78, 5) is 12.2. The maximum atomic E-state index is 13.3. The zero-order valence-corrected chi connectivity index (χ0v) is 12.2. The van der Waals surface area contributed by atoms with Crippen LogP contribution in [0.2, 0.25) is 0 Å². The Morgan fingerprint density at radius 3 is 2.61 bits per heavy atom. The molecule has 2 heterocycles. The first kappa shape index (κ1) is 13.8. The first-order valence-electron chi connectivity index (χ1n) is 7.34. The zero-order valence-electron chi connectivity index (χ0n) is 12.2. The van der Waals surface area contributed by atoms with Gasteiger partial charge >= 0.3 is 0 Å². The average molecular weight is 312 g/mol. The van der Waals surface area contributed by atoms with Crippen molar-refractivity contribution in [3.8, 4) is 22.8 Å². The molecular weight excluding hydrogens is 299 g/mol. The Morgan fingerprint density at radius 1 is 0.913 bits per heavy atom. The second kappa shape index (κ2) is 5.43. The molecule has 4 rings (SSSR count). The SMILES string of the molecule is O=c1cc(-c2ccc3c(c2)OCCCO3)oc2ccc(F)cc12. The van der Waals surface area contributed by atoms with Crippen molar-refractivity contribution in [1.29, 1.82) is 0 Å². The molecule has 1 aromatic heterocycles. The Morgan fingerprint density at radius 2 is 1.74 bits per heavy atom. The van der Waals surface area contributed by atoms with Crippen LogP contribution in [-0.2, 0) is 0 Å². The van der Waals surface area contributed by atoms with Crippen molar-refractivity contribution in [2.75, 3.05) is 13.2 Å². The van der Waals surface area contributed by atoms with E-state index in [-0.39, 0.29) is 10.8 Å². The smallest absolute Gasteiger partial charge is 0.193 e. The van der Waals surface area contributed by atoms with Gasteiger partial charge in [-0.25, -0.2) is 4.39 Å². The van der Waals surface area contributed by atoms with Gasteiger partial charge in [-0.05, 0) is 36.4 Å². The summed E-state index contributed by atoms with van der Waals surface area (Å²) in [6, 6.07) is 10.7. The molecule has 0 saturated carbocycles. The highest BCUT2D eigenvalue weighted by Crippen LogP contribution is 2.34. The van der Waals surface area contributed by atoms with Crippen LogP contribution in [0.25, 0.3) is 22.3 Å². The van der Waals surface area contributed by atoms with E-state index in [1.54, 1.807) is 18.2 Å². The highest BCUT2D eigenvalue weighted by Gasteiger charge is 2.14. The van der Waals surface area contributed by atoms with Gasteiger partial charge in [-0.2, -0.15) is 0 Å². The van der Waals surface area contributed by atoms with Gasteiger partial charge in [0.2, 0.25) is 0 Å². The van der Waals surface area contributed by atoms with Crippen molar-refractivity contribution < 1.29 is 18.3 Å². The zero-order chi connectivity index (χ0) is 15.8. The molecule has 0 fully saturated rings. The number of benzene rings is 2. The number of halogens is 1. The van der Waals surface area contributed by atoms with E-state index in [0.717, 1.165) is 6.42 Å². The van der Waals surface area contributed by atoms with Crippen molar-refractivity contribution in [3.05, 3.63) is 58.5 Å². The normalized spacial score (nSPS) is 13.8. The van der Waals surface area contributed by atoms with Crippen LogP contribution >= 0.6 is 0 Å². The Hall–Kier alpha value is -2.82. The fraction of sp³-hybridized carbons (Fsp3) is 0.167. The molecule has 23 heavy (non-hydrogen) atoms.